The first kappa shape index (κ1) is 52.3. The highest BCUT2D eigenvalue weighted by molar-refractivity contribution is 8.00. The van der Waals surface area contributed by atoms with Crippen LogP contribution in [0.4, 0.5) is 42.9 Å². The third-order valence-electron chi connectivity index (χ3n) is 16.3. The molecule has 4 aliphatic rings. The van der Waals surface area contributed by atoms with Crippen molar-refractivity contribution in [3.05, 3.63) is 204 Å². The molecule has 0 fully saturated rings. The average Bonchev–Trinajstić information content (AvgIpc) is 3.58. The van der Waals surface area contributed by atoms with Crippen molar-refractivity contribution in [2.24, 2.45) is 0 Å². The Hall–Kier alpha value is -7.13. The summed E-state index contributed by atoms with van der Waals surface area (Å²) in [6.07, 6.45) is 0. The van der Waals surface area contributed by atoms with Gasteiger partial charge in [0, 0.05) is 65.8 Å². The van der Waals surface area contributed by atoms with Crippen molar-refractivity contribution in [1.82, 2.24) is 0 Å². The molecule has 0 atom stereocenters. The van der Waals surface area contributed by atoms with Crippen molar-refractivity contribution in [2.45, 2.75) is 124 Å². The van der Waals surface area contributed by atoms with Gasteiger partial charge < -0.3 is 19.3 Å². The molecule has 9 aromatic rings. The number of nitrogens with zero attached hydrogens (tertiary/aromatic N) is 2. The molecular weight excluding hydrogens is 1020 g/mol. The molecule has 0 spiro atoms. The number of rotatable bonds is 6. The molecule has 10 heteroatoms. The van der Waals surface area contributed by atoms with Gasteiger partial charge in [-0.25, -0.2) is 8.78 Å². The fraction of sp³-hybridized carbons (Fsp3) is 0.229. The molecule has 0 saturated heterocycles. The lowest BCUT2D eigenvalue weighted by atomic mass is 9.30. The summed E-state index contributed by atoms with van der Waals surface area (Å²) >= 11 is 3.60. The van der Waals surface area contributed by atoms with Gasteiger partial charge in [-0.1, -0.05) is 196 Å². The molecule has 398 valence electrons. The molecule has 0 saturated carbocycles. The minimum atomic E-state index is -0.421. The zero-order chi connectivity index (χ0) is 55.9. The molecule has 0 aliphatic carbocycles. The van der Waals surface area contributed by atoms with Crippen LogP contribution >= 0.6 is 23.5 Å². The molecule has 9 aromatic carbocycles. The predicted octanol–water partition coefficient (Wildman–Crippen LogP) is 16.3. The van der Waals surface area contributed by atoms with E-state index in [9.17, 15) is 0 Å². The lowest BCUT2D eigenvalue weighted by molar-refractivity contribution is 0.441. The molecule has 4 nitrogen and oxygen atoms in total. The van der Waals surface area contributed by atoms with E-state index in [0.717, 1.165) is 43.9 Å². The summed E-state index contributed by atoms with van der Waals surface area (Å²) in [7, 11) is 0. The normalized spacial score (nSPS) is 14.2. The van der Waals surface area contributed by atoms with E-state index in [-0.39, 0.29) is 46.6 Å². The summed E-state index contributed by atoms with van der Waals surface area (Å²) in [6, 6.07) is 57.9. The average molecular weight is 1090 g/mol. The van der Waals surface area contributed by atoms with E-state index in [1.165, 1.54) is 77.0 Å². The van der Waals surface area contributed by atoms with Crippen LogP contribution in [-0.2, 0) is 21.7 Å². The lowest BCUT2D eigenvalue weighted by Crippen LogP contribution is -2.65. The van der Waals surface area contributed by atoms with Gasteiger partial charge >= 0.3 is 0 Å². The SMILES string of the molecule is CC(C)(C)c1cc2c(c(C(C)(C)C)c1)B1c3cc4c(cc3N(c3ccccc3)c3cc(Oc5ccccc5F)cc(c31)S2)N(c1ccccc1)c1cc(Oc2ccccc2F)cc2c1B4c1c(cc(C(C)(C)C)cc1C(C)(C)C)S2. The van der Waals surface area contributed by atoms with Gasteiger partial charge in [0.25, 0.3) is 0 Å². The van der Waals surface area contributed by atoms with Crippen LogP contribution in [0.15, 0.2) is 189 Å². The zero-order valence-corrected chi connectivity index (χ0v) is 49.2. The molecule has 4 aliphatic heterocycles. The number of hydrogen-bond donors (Lipinski definition) is 0. The fourth-order valence-corrected chi connectivity index (χ4v) is 15.0. The largest absolute Gasteiger partial charge is 0.454 e. The topological polar surface area (TPSA) is 24.9 Å². The van der Waals surface area contributed by atoms with Crippen LogP contribution in [0.1, 0.15) is 105 Å². The van der Waals surface area contributed by atoms with E-state index in [1.54, 1.807) is 47.8 Å². The molecule has 13 rings (SSSR count). The van der Waals surface area contributed by atoms with E-state index in [4.69, 9.17) is 9.47 Å². The molecular formula is C70H64B2F2N2O2S2. The minimum Gasteiger partial charge on any atom is -0.454 e. The smallest absolute Gasteiger partial charge is 0.249 e. The number of hydrogen-bond acceptors (Lipinski definition) is 6. The molecule has 0 aromatic heterocycles. The Labute approximate surface area is 480 Å². The van der Waals surface area contributed by atoms with Crippen LogP contribution in [0, 0.1) is 11.6 Å². The Morgan fingerprint density at radius 1 is 0.362 bits per heavy atom. The highest BCUT2D eigenvalue weighted by Crippen LogP contribution is 2.51. The van der Waals surface area contributed by atoms with Gasteiger partial charge in [-0.05, 0) is 145 Å². The van der Waals surface area contributed by atoms with Gasteiger partial charge in [0.2, 0.25) is 13.4 Å². The number of fused-ring (bicyclic) bond motifs is 8. The second kappa shape index (κ2) is 18.7. The van der Waals surface area contributed by atoms with Crippen molar-refractivity contribution in [3.8, 4) is 23.0 Å². The van der Waals surface area contributed by atoms with E-state index < -0.39 is 11.6 Å². The van der Waals surface area contributed by atoms with Crippen LogP contribution < -0.4 is 52.1 Å². The third kappa shape index (κ3) is 8.75. The highest BCUT2D eigenvalue weighted by atomic mass is 32.2. The summed E-state index contributed by atoms with van der Waals surface area (Å²) in [4.78, 5) is 9.41. The summed E-state index contributed by atoms with van der Waals surface area (Å²) in [5.74, 6) is 0.608. The van der Waals surface area contributed by atoms with Crippen LogP contribution in [0.5, 0.6) is 23.0 Å². The maximum atomic E-state index is 15.7. The van der Waals surface area contributed by atoms with Crippen LogP contribution in [-0.4, -0.2) is 13.4 Å². The number of halogens is 2. The standard InChI is InChI=1S/C70H64B2F2N2O2S2/c1-67(2,3)41-31-47(69(7,8)9)63-59(33-41)79-61-37-45(77-57-29-21-19-27-51(57)73)35-55-65(61)71(63)49-39-50-54(40-53(49)75(55)43-23-15-13-16-24-43)76(44-25-17-14-18-26-44)56-36-46(78-58-30-22-20-28-52(58)74)38-62-66(56)72(50)64-48(70(10,11)12)32-42(68(4,5)6)34-60(64)80-62/h13-40H,1-12H3. The fourth-order valence-electron chi connectivity index (χ4n) is 12.4. The van der Waals surface area contributed by atoms with Gasteiger partial charge in [-0.15, -0.1) is 0 Å². The second-order valence-corrected chi connectivity index (χ2v) is 28.2. The highest BCUT2D eigenvalue weighted by Gasteiger charge is 2.49. The first-order chi connectivity index (χ1) is 38.0. The Morgan fingerprint density at radius 3 is 1.09 bits per heavy atom. The number of anilines is 6. The van der Waals surface area contributed by atoms with Crippen molar-refractivity contribution >= 4 is 104 Å². The monoisotopic (exact) mass is 1090 g/mol. The molecule has 0 bridgehead atoms. The van der Waals surface area contributed by atoms with E-state index in [1.807, 2.05) is 12.1 Å². The van der Waals surface area contributed by atoms with Gasteiger partial charge in [0.1, 0.15) is 11.5 Å². The van der Waals surface area contributed by atoms with Crippen molar-refractivity contribution < 1.29 is 18.3 Å². The van der Waals surface area contributed by atoms with Gasteiger partial charge in [-0.2, -0.15) is 0 Å². The quantitative estimate of drug-likeness (QED) is 0.154. The van der Waals surface area contributed by atoms with Crippen molar-refractivity contribution in [2.75, 3.05) is 9.80 Å². The molecule has 0 amide bonds. The van der Waals surface area contributed by atoms with Gasteiger partial charge in [0.05, 0.1) is 0 Å². The Morgan fingerprint density at radius 2 is 0.725 bits per heavy atom. The van der Waals surface area contributed by atoms with Crippen LogP contribution in [0.3, 0.4) is 0 Å². The summed E-state index contributed by atoms with van der Waals surface area (Å²) < 4.78 is 44.7. The van der Waals surface area contributed by atoms with Gasteiger partial charge in [0.15, 0.2) is 23.1 Å². The van der Waals surface area contributed by atoms with E-state index in [2.05, 4.69) is 214 Å². The molecule has 0 radical (unpaired) electrons. The summed E-state index contributed by atoms with van der Waals surface area (Å²) in [5, 5.41) is 0. The molecule has 0 unspecified atom stereocenters. The molecule has 80 heavy (non-hydrogen) atoms. The van der Waals surface area contributed by atoms with E-state index >= 15 is 8.78 Å². The Bertz CT molecular complexity index is 3750. The summed E-state index contributed by atoms with van der Waals surface area (Å²) in [6.45, 7) is 27.5. The first-order valence-corrected chi connectivity index (χ1v) is 29.5. The maximum absolute atomic E-state index is 15.7. The summed E-state index contributed by atoms with van der Waals surface area (Å²) in [5.41, 5.74) is 18.0. The van der Waals surface area contributed by atoms with Crippen LogP contribution in [0.25, 0.3) is 0 Å². The second-order valence-electron chi connectivity index (χ2n) is 26.0. The zero-order valence-electron chi connectivity index (χ0n) is 47.6. The number of ether oxygens (including phenoxy) is 2. The molecule has 0 N–H and O–H groups in total. The van der Waals surface area contributed by atoms with Crippen molar-refractivity contribution in [3.63, 3.8) is 0 Å². The maximum Gasteiger partial charge on any atom is 0.249 e. The third-order valence-corrected chi connectivity index (χ3v) is 18.6. The first-order valence-electron chi connectivity index (χ1n) is 27.8. The predicted molar refractivity (Wildman–Crippen MR) is 334 cm³/mol. The lowest BCUT2D eigenvalue weighted by Gasteiger charge is -2.46. The Kier molecular flexibility index (Phi) is 12.2. The van der Waals surface area contributed by atoms with Crippen LogP contribution in [0.2, 0.25) is 0 Å². The number of para-hydroxylation sites is 4. The van der Waals surface area contributed by atoms with E-state index in [0.29, 0.717) is 11.5 Å². The minimum absolute atomic E-state index is 0.124. The van der Waals surface area contributed by atoms with Crippen molar-refractivity contribution in [1.29, 1.82) is 0 Å². The van der Waals surface area contributed by atoms with Gasteiger partial charge in [-0.3, -0.25) is 0 Å². The Balaban J connectivity index is 1.17. The number of benzene rings is 9. The molecule has 4 heterocycles.